The summed E-state index contributed by atoms with van der Waals surface area (Å²) in [4.78, 5) is 23.7. The molecule has 4 nitrogen and oxygen atoms in total. The average Bonchev–Trinajstić information content (AvgIpc) is 2.47. The summed E-state index contributed by atoms with van der Waals surface area (Å²) in [5.74, 6) is 1.04. The van der Waals surface area contributed by atoms with Gasteiger partial charge in [-0.15, -0.1) is 6.42 Å². The smallest absolute Gasteiger partial charge is 0.326 e. The molecule has 1 aliphatic heterocycles. The van der Waals surface area contributed by atoms with Crippen LogP contribution in [-0.4, -0.2) is 34.5 Å². The Morgan fingerprint density at radius 1 is 1.64 bits per heavy atom. The number of hydrogen-bond acceptors (Lipinski definition) is 2. The highest BCUT2D eigenvalue weighted by molar-refractivity contribution is 5.85. The molecule has 0 aromatic carbocycles. The monoisotopic (exact) mass is 195 g/mol. The molecule has 4 heteroatoms. The number of terminal acetylenes is 1. The predicted molar refractivity (Wildman–Crippen MR) is 50.4 cm³/mol. The fourth-order valence-corrected chi connectivity index (χ4v) is 1.79. The van der Waals surface area contributed by atoms with E-state index in [1.807, 2.05) is 6.92 Å². The fraction of sp³-hybridized carbons (Fsp3) is 0.600. The molecule has 1 amide bonds. The normalized spacial score (nSPS) is 25.9. The second-order valence-corrected chi connectivity index (χ2v) is 3.52. The van der Waals surface area contributed by atoms with E-state index >= 15 is 0 Å². The molecule has 2 atom stereocenters. The van der Waals surface area contributed by atoms with Gasteiger partial charge in [-0.1, -0.05) is 12.8 Å². The summed E-state index contributed by atoms with van der Waals surface area (Å²) >= 11 is 0. The molecule has 0 aromatic heterocycles. The second kappa shape index (κ2) is 4.14. The van der Waals surface area contributed by atoms with Crippen LogP contribution in [-0.2, 0) is 9.59 Å². The van der Waals surface area contributed by atoms with E-state index in [1.165, 1.54) is 4.90 Å². The van der Waals surface area contributed by atoms with Gasteiger partial charge in [-0.2, -0.15) is 0 Å². The van der Waals surface area contributed by atoms with Gasteiger partial charge in [-0.25, -0.2) is 4.79 Å². The number of amides is 1. The van der Waals surface area contributed by atoms with Gasteiger partial charge in [0.1, 0.15) is 6.04 Å². The van der Waals surface area contributed by atoms with Gasteiger partial charge in [-0.05, 0) is 12.3 Å². The summed E-state index contributed by atoms with van der Waals surface area (Å²) < 4.78 is 0. The third kappa shape index (κ3) is 1.87. The molecule has 2 unspecified atom stereocenters. The topological polar surface area (TPSA) is 57.6 Å². The minimum absolute atomic E-state index is 0.00854. The molecule has 0 saturated carbocycles. The van der Waals surface area contributed by atoms with Crippen molar-refractivity contribution in [3.63, 3.8) is 0 Å². The average molecular weight is 195 g/mol. The molecule has 0 aliphatic carbocycles. The van der Waals surface area contributed by atoms with Crippen molar-refractivity contribution in [2.24, 2.45) is 5.92 Å². The summed E-state index contributed by atoms with van der Waals surface area (Å²) in [6.45, 7) is 2.33. The highest BCUT2D eigenvalue weighted by Gasteiger charge is 2.38. The molecule has 76 valence electrons. The van der Waals surface area contributed by atoms with Crippen molar-refractivity contribution in [1.29, 1.82) is 0 Å². The van der Waals surface area contributed by atoms with Gasteiger partial charge in [0.2, 0.25) is 5.91 Å². The molecular weight excluding hydrogens is 182 g/mol. The van der Waals surface area contributed by atoms with E-state index in [4.69, 9.17) is 11.5 Å². The summed E-state index contributed by atoms with van der Waals surface area (Å²) in [6.07, 6.45) is 5.72. The van der Waals surface area contributed by atoms with Gasteiger partial charge >= 0.3 is 5.97 Å². The molecule has 1 N–H and O–H groups in total. The van der Waals surface area contributed by atoms with Crippen LogP contribution in [0.4, 0.5) is 0 Å². The number of carboxylic acid groups (broad SMARTS) is 1. The van der Waals surface area contributed by atoms with Crippen LogP contribution in [0.3, 0.4) is 0 Å². The SMILES string of the molecule is C#CCC(=O)N1CCC(C)C1C(=O)O. The summed E-state index contributed by atoms with van der Waals surface area (Å²) in [7, 11) is 0. The Morgan fingerprint density at radius 2 is 2.29 bits per heavy atom. The Bertz CT molecular complexity index is 292. The second-order valence-electron chi connectivity index (χ2n) is 3.52. The van der Waals surface area contributed by atoms with Crippen LogP contribution in [0.25, 0.3) is 0 Å². The van der Waals surface area contributed by atoms with E-state index in [2.05, 4.69) is 5.92 Å². The van der Waals surface area contributed by atoms with Crippen LogP contribution < -0.4 is 0 Å². The lowest BCUT2D eigenvalue weighted by atomic mass is 10.0. The third-order valence-electron chi connectivity index (χ3n) is 2.53. The predicted octanol–water partition coefficient (Wildman–Crippen LogP) is 0.331. The van der Waals surface area contributed by atoms with Crippen molar-refractivity contribution in [3.8, 4) is 12.3 Å². The molecule has 0 radical (unpaired) electrons. The molecular formula is C10H13NO3. The van der Waals surface area contributed by atoms with Crippen LogP contribution in [0.5, 0.6) is 0 Å². The largest absolute Gasteiger partial charge is 0.480 e. The van der Waals surface area contributed by atoms with E-state index in [0.717, 1.165) is 6.42 Å². The van der Waals surface area contributed by atoms with E-state index in [1.54, 1.807) is 0 Å². The van der Waals surface area contributed by atoms with Crippen molar-refractivity contribution in [3.05, 3.63) is 0 Å². The van der Waals surface area contributed by atoms with Crippen molar-refractivity contribution < 1.29 is 14.7 Å². The first kappa shape index (κ1) is 10.6. The number of carbonyl (C=O) groups excluding carboxylic acids is 1. The third-order valence-corrected chi connectivity index (χ3v) is 2.53. The maximum Gasteiger partial charge on any atom is 0.326 e. The van der Waals surface area contributed by atoms with Crippen LogP contribution in [0.15, 0.2) is 0 Å². The standard InChI is InChI=1S/C10H13NO3/c1-3-4-8(12)11-6-5-7(2)9(11)10(13)14/h1,7,9H,4-6H2,2H3,(H,13,14). The number of rotatable bonds is 2. The number of carbonyl (C=O) groups is 2. The number of hydrogen-bond donors (Lipinski definition) is 1. The highest BCUT2D eigenvalue weighted by atomic mass is 16.4. The van der Waals surface area contributed by atoms with Crippen molar-refractivity contribution in [1.82, 2.24) is 4.90 Å². The zero-order valence-corrected chi connectivity index (χ0v) is 8.06. The van der Waals surface area contributed by atoms with Crippen LogP contribution in [0, 0.1) is 18.3 Å². The lowest BCUT2D eigenvalue weighted by Gasteiger charge is -2.22. The van der Waals surface area contributed by atoms with Gasteiger partial charge in [-0.3, -0.25) is 4.79 Å². The van der Waals surface area contributed by atoms with Crippen molar-refractivity contribution >= 4 is 11.9 Å². The van der Waals surface area contributed by atoms with Crippen molar-refractivity contribution in [2.75, 3.05) is 6.54 Å². The summed E-state index contributed by atoms with van der Waals surface area (Å²) in [6, 6.07) is -0.698. The van der Waals surface area contributed by atoms with Gasteiger partial charge in [0, 0.05) is 6.54 Å². The lowest BCUT2D eigenvalue weighted by Crippen LogP contribution is -2.42. The fourth-order valence-electron chi connectivity index (χ4n) is 1.79. The Morgan fingerprint density at radius 3 is 2.79 bits per heavy atom. The van der Waals surface area contributed by atoms with Gasteiger partial charge in [0.15, 0.2) is 0 Å². The number of aliphatic carboxylic acids is 1. The number of nitrogens with zero attached hydrogens (tertiary/aromatic N) is 1. The van der Waals surface area contributed by atoms with Gasteiger partial charge in [0.25, 0.3) is 0 Å². The first-order valence-corrected chi connectivity index (χ1v) is 4.53. The first-order valence-electron chi connectivity index (χ1n) is 4.53. The molecule has 1 fully saturated rings. The minimum Gasteiger partial charge on any atom is -0.480 e. The molecule has 0 bridgehead atoms. The lowest BCUT2D eigenvalue weighted by molar-refractivity contribution is -0.149. The van der Waals surface area contributed by atoms with E-state index in [0.29, 0.717) is 6.54 Å². The zero-order chi connectivity index (χ0) is 10.7. The molecule has 1 heterocycles. The first-order chi connectivity index (χ1) is 6.57. The van der Waals surface area contributed by atoms with Gasteiger partial charge in [0.05, 0.1) is 6.42 Å². The molecule has 0 spiro atoms. The molecule has 1 aliphatic rings. The quantitative estimate of drug-likeness (QED) is 0.646. The highest BCUT2D eigenvalue weighted by Crippen LogP contribution is 2.24. The Hall–Kier alpha value is -1.50. The Kier molecular flexibility index (Phi) is 3.13. The summed E-state index contributed by atoms with van der Waals surface area (Å²) in [5.41, 5.74) is 0. The molecule has 14 heavy (non-hydrogen) atoms. The van der Waals surface area contributed by atoms with E-state index in [-0.39, 0.29) is 18.2 Å². The number of carboxylic acids is 1. The van der Waals surface area contributed by atoms with Crippen LogP contribution in [0.1, 0.15) is 19.8 Å². The van der Waals surface area contributed by atoms with Gasteiger partial charge < -0.3 is 10.0 Å². The number of likely N-dealkylation sites (tertiary alicyclic amines) is 1. The Balaban J connectivity index is 2.75. The molecule has 1 rings (SSSR count). The van der Waals surface area contributed by atoms with Crippen molar-refractivity contribution in [2.45, 2.75) is 25.8 Å². The Labute approximate surface area is 82.9 Å². The van der Waals surface area contributed by atoms with E-state index < -0.39 is 12.0 Å². The maximum absolute atomic E-state index is 11.4. The van der Waals surface area contributed by atoms with E-state index in [9.17, 15) is 9.59 Å². The van der Waals surface area contributed by atoms with Crippen LogP contribution in [0.2, 0.25) is 0 Å². The van der Waals surface area contributed by atoms with Crippen LogP contribution >= 0.6 is 0 Å². The maximum atomic E-state index is 11.4. The summed E-state index contributed by atoms with van der Waals surface area (Å²) in [5, 5.41) is 8.93. The zero-order valence-electron chi connectivity index (χ0n) is 8.06. The molecule has 0 aromatic rings. The molecule has 1 saturated heterocycles. The minimum atomic E-state index is -0.944.